The third-order valence-electron chi connectivity index (χ3n) is 9.47. The Hall–Kier alpha value is -4.28. The first-order chi connectivity index (χ1) is 22.0. The minimum absolute atomic E-state index is 0.00454. The molecule has 5 heterocycles. The third-order valence-corrected chi connectivity index (χ3v) is 9.47. The highest BCUT2D eigenvalue weighted by atomic mass is 19.4. The van der Waals surface area contributed by atoms with Crippen LogP contribution >= 0.6 is 0 Å². The minimum Gasteiger partial charge on any atom is -0.508 e. The van der Waals surface area contributed by atoms with E-state index in [-0.39, 0.29) is 57.9 Å². The maximum Gasteiger partial charge on any atom is 0.420 e. The molecule has 13 heteroatoms. The zero-order valence-electron chi connectivity index (χ0n) is 25.0. The number of anilines is 1. The maximum absolute atomic E-state index is 15.2. The fraction of sp³-hybridized carbons (Fsp3) is 0.424. The predicted octanol–water partition coefficient (Wildman–Crippen LogP) is 5.40. The normalized spacial score (nSPS) is 22.5. The van der Waals surface area contributed by atoms with E-state index in [1.165, 1.54) is 18.3 Å². The Balaban J connectivity index is 1.45. The van der Waals surface area contributed by atoms with Crippen molar-refractivity contribution in [2.75, 3.05) is 57.8 Å². The lowest BCUT2D eigenvalue weighted by Gasteiger charge is -2.34. The number of pyridine rings is 1. The van der Waals surface area contributed by atoms with Crippen molar-refractivity contribution in [3.63, 3.8) is 0 Å². The van der Waals surface area contributed by atoms with Crippen molar-refractivity contribution < 1.29 is 31.8 Å². The van der Waals surface area contributed by atoms with E-state index >= 15 is 13.2 Å². The van der Waals surface area contributed by atoms with Gasteiger partial charge in [0.1, 0.15) is 35.7 Å². The number of nitrogens with zero attached hydrogens (tertiary/aromatic N) is 6. The predicted molar refractivity (Wildman–Crippen MR) is 163 cm³/mol. The minimum atomic E-state index is -5.00. The Morgan fingerprint density at radius 3 is 2.65 bits per heavy atom. The van der Waals surface area contributed by atoms with Crippen molar-refractivity contribution in [3.05, 3.63) is 47.4 Å². The van der Waals surface area contributed by atoms with E-state index in [1.54, 1.807) is 0 Å². The van der Waals surface area contributed by atoms with Crippen molar-refractivity contribution >= 4 is 27.5 Å². The largest absolute Gasteiger partial charge is 0.508 e. The molecule has 46 heavy (non-hydrogen) atoms. The van der Waals surface area contributed by atoms with Crippen LogP contribution < -0.4 is 9.64 Å². The molecule has 7 rings (SSSR count). The molecule has 240 valence electrons. The highest BCUT2D eigenvalue weighted by Crippen LogP contribution is 2.46. The number of hydrogen-bond donors (Lipinski definition) is 1. The molecular weight excluding hydrogens is 607 g/mol. The lowest BCUT2D eigenvalue weighted by Crippen LogP contribution is -2.45. The number of hydrogen-bond acceptors (Lipinski definition) is 8. The average molecular weight is 639 g/mol. The zero-order chi connectivity index (χ0) is 32.4. The van der Waals surface area contributed by atoms with Crippen LogP contribution in [0.15, 0.2) is 30.5 Å². The molecule has 0 unspecified atom stereocenters. The van der Waals surface area contributed by atoms with Crippen LogP contribution in [-0.4, -0.2) is 94.5 Å². The number of alkyl halides is 4. The summed E-state index contributed by atoms with van der Waals surface area (Å²) in [6, 6.07) is 4.55. The zero-order valence-corrected chi connectivity index (χ0v) is 25.0. The molecule has 2 aromatic heterocycles. The van der Waals surface area contributed by atoms with Crippen LogP contribution in [-0.2, 0) is 6.18 Å². The lowest BCUT2D eigenvalue weighted by atomic mass is 9.93. The van der Waals surface area contributed by atoms with E-state index in [0.717, 1.165) is 25.1 Å². The van der Waals surface area contributed by atoms with E-state index in [1.807, 2.05) is 16.8 Å². The van der Waals surface area contributed by atoms with Gasteiger partial charge in [0.15, 0.2) is 0 Å². The molecule has 1 N–H and O–H groups in total. The second kappa shape index (κ2) is 11.2. The molecule has 2 aromatic carbocycles. The maximum atomic E-state index is 15.2. The molecule has 3 aliphatic heterocycles. The first-order valence-corrected chi connectivity index (χ1v) is 15.1. The summed E-state index contributed by atoms with van der Waals surface area (Å²) >= 11 is 0. The number of ether oxygens (including phenoxy) is 1. The first-order valence-electron chi connectivity index (χ1n) is 15.1. The van der Waals surface area contributed by atoms with Gasteiger partial charge in [-0.15, -0.1) is 6.42 Å². The summed E-state index contributed by atoms with van der Waals surface area (Å²) < 4.78 is 81.1. The smallest absolute Gasteiger partial charge is 0.420 e. The summed E-state index contributed by atoms with van der Waals surface area (Å²) in [6.07, 6.45) is 2.71. The molecule has 3 saturated heterocycles. The van der Waals surface area contributed by atoms with Crippen LogP contribution in [0.5, 0.6) is 11.8 Å². The van der Waals surface area contributed by atoms with Crippen molar-refractivity contribution in [1.29, 1.82) is 0 Å². The lowest BCUT2D eigenvalue weighted by molar-refractivity contribution is -0.136. The third kappa shape index (κ3) is 5.13. The molecule has 0 radical (unpaired) electrons. The van der Waals surface area contributed by atoms with Crippen molar-refractivity contribution in [2.45, 2.75) is 37.1 Å². The van der Waals surface area contributed by atoms with Gasteiger partial charge in [-0.25, -0.2) is 8.78 Å². The number of fused-ring (bicyclic) bond motifs is 3. The number of aromatic hydroxyl groups is 1. The number of halogens is 5. The van der Waals surface area contributed by atoms with Gasteiger partial charge in [-0.1, -0.05) is 12.0 Å². The van der Waals surface area contributed by atoms with Crippen molar-refractivity contribution in [1.82, 2.24) is 24.8 Å². The van der Waals surface area contributed by atoms with Gasteiger partial charge in [0.05, 0.1) is 27.7 Å². The first kappa shape index (κ1) is 30.4. The average Bonchev–Trinajstić information content (AvgIpc) is 3.54. The number of piperazine rings is 1. The Morgan fingerprint density at radius 2 is 1.91 bits per heavy atom. The van der Waals surface area contributed by atoms with E-state index < -0.39 is 40.5 Å². The molecule has 0 aliphatic carbocycles. The van der Waals surface area contributed by atoms with Crippen LogP contribution in [0.25, 0.3) is 32.9 Å². The number of benzene rings is 2. The molecule has 3 aliphatic rings. The number of terminal acetylenes is 1. The van der Waals surface area contributed by atoms with Gasteiger partial charge in [-0.2, -0.15) is 23.1 Å². The van der Waals surface area contributed by atoms with Crippen LogP contribution in [0, 0.1) is 18.2 Å². The fourth-order valence-electron chi connectivity index (χ4n) is 7.25. The highest BCUT2D eigenvalue weighted by Gasteiger charge is 2.49. The van der Waals surface area contributed by atoms with Crippen LogP contribution in [0.1, 0.15) is 30.4 Å². The quantitative estimate of drug-likeness (QED) is 0.230. The summed E-state index contributed by atoms with van der Waals surface area (Å²) in [5, 5.41) is 10.8. The van der Waals surface area contributed by atoms with E-state index in [2.05, 4.69) is 25.8 Å². The number of phenols is 1. The van der Waals surface area contributed by atoms with E-state index in [4.69, 9.17) is 11.2 Å². The van der Waals surface area contributed by atoms with Crippen molar-refractivity contribution in [3.8, 4) is 35.4 Å². The monoisotopic (exact) mass is 638 g/mol. The summed E-state index contributed by atoms with van der Waals surface area (Å²) in [4.78, 5) is 19.2. The topological polar surface area (TPSA) is 77.9 Å². The molecule has 8 nitrogen and oxygen atoms in total. The standard InChI is InChI=1S/C33H31F5N6O2/c1-3-22-25(35)6-5-19-13-21(45)14-23(26(19)22)28-27(33(36,37)38)29-24(16-39-28)30(43-11-9-42(2)10-12-43)41-31(40-29)46-18-32-7-4-8-44(32)17-20(34)15-32/h1,5-6,13-14,16,20,45H,4,7-12,15,17-18H2,2H3/t20-,32+/m0/s1. The van der Waals surface area contributed by atoms with Crippen LogP contribution in [0.3, 0.4) is 0 Å². The Morgan fingerprint density at radius 1 is 1.13 bits per heavy atom. The number of rotatable bonds is 5. The summed E-state index contributed by atoms with van der Waals surface area (Å²) in [6.45, 7) is 3.35. The molecule has 2 atom stereocenters. The molecule has 4 aromatic rings. The van der Waals surface area contributed by atoms with Gasteiger partial charge in [0.2, 0.25) is 0 Å². The SMILES string of the molecule is C#Cc1c(F)ccc2cc(O)cc(-c3ncc4c(N5CCN(C)CC5)nc(OC[C@]56CCCN5C[C@@H](F)C6)nc4c3C(F)(F)F)c12. The summed E-state index contributed by atoms with van der Waals surface area (Å²) in [5.41, 5.74) is -3.25. The molecular formula is C33H31F5N6O2. The highest BCUT2D eigenvalue weighted by molar-refractivity contribution is 6.04. The fourth-order valence-corrected chi connectivity index (χ4v) is 7.25. The van der Waals surface area contributed by atoms with Gasteiger partial charge < -0.3 is 19.6 Å². The van der Waals surface area contributed by atoms with Gasteiger partial charge in [0, 0.05) is 56.3 Å². The summed E-state index contributed by atoms with van der Waals surface area (Å²) in [7, 11) is 1.96. The van der Waals surface area contributed by atoms with Gasteiger partial charge in [-0.05, 0) is 50.0 Å². The second-order valence-electron chi connectivity index (χ2n) is 12.4. The molecule has 3 fully saturated rings. The van der Waals surface area contributed by atoms with Gasteiger partial charge in [0.25, 0.3) is 0 Å². The summed E-state index contributed by atoms with van der Waals surface area (Å²) in [5.74, 6) is 1.34. The Kier molecular flexibility index (Phi) is 7.40. The number of aromatic nitrogens is 3. The number of likely N-dealkylation sites (N-methyl/N-ethyl adjacent to an activating group) is 1. The van der Waals surface area contributed by atoms with Gasteiger partial charge >= 0.3 is 12.2 Å². The van der Waals surface area contributed by atoms with E-state index in [9.17, 15) is 13.9 Å². The molecule has 0 amide bonds. The molecule has 0 spiro atoms. The Labute approximate surface area is 261 Å². The van der Waals surface area contributed by atoms with Gasteiger partial charge in [-0.3, -0.25) is 9.88 Å². The van der Waals surface area contributed by atoms with Crippen molar-refractivity contribution in [2.24, 2.45) is 0 Å². The second-order valence-corrected chi connectivity index (χ2v) is 12.4. The van der Waals surface area contributed by atoms with Crippen LogP contribution in [0.4, 0.5) is 27.8 Å². The molecule has 0 saturated carbocycles. The number of phenolic OH excluding ortho intramolecular Hbond substituents is 1. The molecule has 0 bridgehead atoms. The Bertz CT molecular complexity index is 1890. The van der Waals surface area contributed by atoms with Crippen LogP contribution in [0.2, 0.25) is 0 Å². The van der Waals surface area contributed by atoms with E-state index in [0.29, 0.717) is 39.1 Å².